The second kappa shape index (κ2) is 12.9. The summed E-state index contributed by atoms with van der Waals surface area (Å²) in [5.74, 6) is -6.09. The molecule has 3 rings (SSSR count). The summed E-state index contributed by atoms with van der Waals surface area (Å²) in [6, 6.07) is 5.88. The monoisotopic (exact) mass is 578 g/mol. The van der Waals surface area contributed by atoms with E-state index in [-0.39, 0.29) is 16.0 Å². The van der Waals surface area contributed by atoms with E-state index in [1.54, 1.807) is 0 Å². The number of esters is 5. The third-order valence-corrected chi connectivity index (χ3v) is 6.68. The van der Waals surface area contributed by atoms with Crippen molar-refractivity contribution in [2.45, 2.75) is 64.5 Å². The van der Waals surface area contributed by atoms with Crippen molar-refractivity contribution >= 4 is 53.2 Å². The van der Waals surface area contributed by atoms with E-state index in [9.17, 15) is 33.6 Å². The Hall–Kier alpha value is -4.04. The van der Waals surface area contributed by atoms with Gasteiger partial charge in [-0.05, 0) is 0 Å². The van der Waals surface area contributed by atoms with Crippen molar-refractivity contribution in [1.29, 1.82) is 0 Å². The van der Waals surface area contributed by atoms with Gasteiger partial charge >= 0.3 is 29.8 Å². The normalized spacial score (nSPS) is 24.0. The molecule has 14 heteroatoms. The van der Waals surface area contributed by atoms with Gasteiger partial charge in [-0.3, -0.25) is 33.6 Å². The molecule has 5 atom stereocenters. The molecule has 1 aliphatic carbocycles. The van der Waals surface area contributed by atoms with Gasteiger partial charge in [0.05, 0.1) is 0 Å². The second-order valence-corrected chi connectivity index (χ2v) is 9.75. The first-order chi connectivity index (χ1) is 18.8. The minimum absolute atomic E-state index is 0.00893. The highest BCUT2D eigenvalue weighted by molar-refractivity contribution is 8.04. The first-order valence-corrected chi connectivity index (χ1v) is 12.8. The molecule has 5 unspecified atom stereocenters. The molecule has 0 bridgehead atoms. The van der Waals surface area contributed by atoms with Crippen LogP contribution in [-0.4, -0.2) is 77.9 Å². The standard InChI is InChI=1S/C26H26O13S/c1-11(27)34-10-18-21(35-12(2)28)23(37-14(4)30)24(38-15(5)31)26(39-18)40-25-20(33)17-9-7-6-8-16(17)19(32)22(25)36-13(3)29/h6-9,18,21,23-24,26H,10H2,1-5H3. The van der Waals surface area contributed by atoms with Gasteiger partial charge in [0.2, 0.25) is 11.6 Å². The molecule has 0 amide bonds. The van der Waals surface area contributed by atoms with E-state index in [2.05, 4.69) is 0 Å². The van der Waals surface area contributed by atoms with Gasteiger partial charge in [0.15, 0.2) is 24.1 Å². The van der Waals surface area contributed by atoms with Gasteiger partial charge in [0.25, 0.3) is 0 Å². The Balaban J connectivity index is 2.14. The van der Waals surface area contributed by atoms with Crippen LogP contribution in [0.3, 0.4) is 0 Å². The molecule has 1 heterocycles. The molecule has 0 spiro atoms. The van der Waals surface area contributed by atoms with Crippen molar-refractivity contribution in [3.05, 3.63) is 46.1 Å². The number of carbonyl (C=O) groups is 7. The number of fused-ring (bicyclic) bond motifs is 1. The third kappa shape index (κ3) is 7.12. The molecule has 0 radical (unpaired) electrons. The second-order valence-electron chi connectivity index (χ2n) is 8.64. The number of rotatable bonds is 8. The van der Waals surface area contributed by atoms with Gasteiger partial charge in [-0.15, -0.1) is 0 Å². The number of Topliss-reactive ketones (excluding diaryl/α,β-unsaturated/α-hetero) is 2. The van der Waals surface area contributed by atoms with Crippen LogP contribution in [0, 0.1) is 0 Å². The topological polar surface area (TPSA) is 175 Å². The van der Waals surface area contributed by atoms with Crippen LogP contribution in [-0.2, 0) is 52.4 Å². The minimum atomic E-state index is -1.50. The van der Waals surface area contributed by atoms with E-state index in [0.29, 0.717) is 11.8 Å². The largest absolute Gasteiger partial charge is 0.463 e. The average Bonchev–Trinajstić information content (AvgIpc) is 2.85. The Bertz CT molecular complexity index is 1280. The smallest absolute Gasteiger partial charge is 0.308 e. The quantitative estimate of drug-likeness (QED) is 0.321. The Morgan fingerprint density at radius 2 is 1.25 bits per heavy atom. The van der Waals surface area contributed by atoms with E-state index in [1.165, 1.54) is 24.3 Å². The highest BCUT2D eigenvalue weighted by Crippen LogP contribution is 2.42. The Morgan fingerprint density at radius 1 is 0.725 bits per heavy atom. The van der Waals surface area contributed by atoms with Crippen molar-refractivity contribution in [2.75, 3.05) is 6.61 Å². The summed E-state index contributed by atoms with van der Waals surface area (Å²) in [6.45, 7) is 4.89. The van der Waals surface area contributed by atoms with Crippen LogP contribution >= 0.6 is 11.8 Å². The van der Waals surface area contributed by atoms with Gasteiger partial charge in [0, 0.05) is 45.7 Å². The lowest BCUT2D eigenvalue weighted by Gasteiger charge is -2.44. The van der Waals surface area contributed by atoms with E-state index in [1.807, 2.05) is 0 Å². The van der Waals surface area contributed by atoms with Gasteiger partial charge in [0.1, 0.15) is 23.1 Å². The molecular formula is C26H26O13S. The zero-order valence-corrected chi connectivity index (χ0v) is 22.9. The fraction of sp³-hybridized carbons (Fsp3) is 0.423. The molecule has 0 saturated carbocycles. The van der Waals surface area contributed by atoms with Crippen LogP contribution in [0.4, 0.5) is 0 Å². The van der Waals surface area contributed by atoms with E-state index < -0.39 is 83.6 Å². The van der Waals surface area contributed by atoms with Gasteiger partial charge in [-0.2, -0.15) is 0 Å². The Kier molecular flexibility index (Phi) is 9.82. The molecule has 1 aliphatic heterocycles. The van der Waals surface area contributed by atoms with Crippen molar-refractivity contribution in [3.8, 4) is 0 Å². The van der Waals surface area contributed by atoms with Crippen LogP contribution in [0.1, 0.15) is 55.3 Å². The maximum absolute atomic E-state index is 13.5. The summed E-state index contributed by atoms with van der Waals surface area (Å²) in [5, 5.41) is 0. The van der Waals surface area contributed by atoms with Gasteiger partial charge in [-0.25, -0.2) is 0 Å². The van der Waals surface area contributed by atoms with Crippen LogP contribution in [0.15, 0.2) is 34.9 Å². The fourth-order valence-electron chi connectivity index (χ4n) is 4.07. The molecule has 214 valence electrons. The van der Waals surface area contributed by atoms with Crippen molar-refractivity contribution in [1.82, 2.24) is 0 Å². The van der Waals surface area contributed by atoms with Gasteiger partial charge in [-0.1, -0.05) is 36.0 Å². The number of carbonyl (C=O) groups excluding carboxylic acids is 7. The molecule has 0 aromatic heterocycles. The third-order valence-electron chi connectivity index (χ3n) is 5.46. The summed E-state index contributed by atoms with van der Waals surface area (Å²) in [7, 11) is 0. The number of ether oxygens (including phenoxy) is 6. The Labute approximate surface area is 232 Å². The molecule has 1 fully saturated rings. The molecule has 0 N–H and O–H groups in total. The van der Waals surface area contributed by atoms with Crippen LogP contribution in [0.2, 0.25) is 0 Å². The van der Waals surface area contributed by atoms with Crippen molar-refractivity contribution in [3.63, 3.8) is 0 Å². The van der Waals surface area contributed by atoms with E-state index in [4.69, 9.17) is 28.4 Å². The van der Waals surface area contributed by atoms with Crippen molar-refractivity contribution in [2.24, 2.45) is 0 Å². The number of hydrogen-bond donors (Lipinski definition) is 0. The Morgan fingerprint density at radius 3 is 1.77 bits per heavy atom. The van der Waals surface area contributed by atoms with Crippen LogP contribution in [0.5, 0.6) is 0 Å². The maximum Gasteiger partial charge on any atom is 0.308 e. The molecule has 40 heavy (non-hydrogen) atoms. The predicted molar refractivity (Wildman–Crippen MR) is 133 cm³/mol. The fourth-order valence-corrected chi connectivity index (χ4v) is 5.31. The number of thioether (sulfide) groups is 1. The highest BCUT2D eigenvalue weighted by atomic mass is 32.2. The number of ketones is 2. The summed E-state index contributed by atoms with van der Waals surface area (Å²) in [5.41, 5.74) is -1.38. The summed E-state index contributed by atoms with van der Waals surface area (Å²) < 4.78 is 32.3. The highest BCUT2D eigenvalue weighted by Gasteiger charge is 2.53. The van der Waals surface area contributed by atoms with E-state index >= 15 is 0 Å². The maximum atomic E-state index is 13.5. The molecule has 2 aliphatic rings. The van der Waals surface area contributed by atoms with Crippen LogP contribution < -0.4 is 0 Å². The lowest BCUT2D eigenvalue weighted by molar-refractivity contribution is -0.237. The summed E-state index contributed by atoms with van der Waals surface area (Å²) >= 11 is 0.567. The molecule has 1 aromatic carbocycles. The lowest BCUT2D eigenvalue weighted by Crippen LogP contribution is -2.61. The number of allylic oxidation sites excluding steroid dienone is 2. The first-order valence-electron chi connectivity index (χ1n) is 11.9. The lowest BCUT2D eigenvalue weighted by atomic mass is 9.93. The van der Waals surface area contributed by atoms with Gasteiger partial charge < -0.3 is 28.4 Å². The number of hydrogen-bond acceptors (Lipinski definition) is 14. The van der Waals surface area contributed by atoms with Crippen LogP contribution in [0.25, 0.3) is 0 Å². The summed E-state index contributed by atoms with van der Waals surface area (Å²) in [6.07, 6.45) is -5.68. The zero-order chi connectivity index (χ0) is 29.7. The van der Waals surface area contributed by atoms with Crippen molar-refractivity contribution < 1.29 is 62.0 Å². The number of benzene rings is 1. The minimum Gasteiger partial charge on any atom is -0.463 e. The first kappa shape index (κ1) is 30.5. The SMILES string of the molecule is CC(=O)OCC1OC(SC2=C(OC(C)=O)C(=O)c3ccccc3C2=O)C(OC(C)=O)C(OC(C)=O)C1OC(C)=O. The molecule has 1 saturated heterocycles. The summed E-state index contributed by atoms with van der Waals surface area (Å²) in [4.78, 5) is 85.8. The predicted octanol–water partition coefficient (Wildman–Crippen LogP) is 1.66. The zero-order valence-electron chi connectivity index (χ0n) is 22.1. The van der Waals surface area contributed by atoms with E-state index in [0.717, 1.165) is 34.6 Å². The average molecular weight is 579 g/mol. The molecule has 1 aromatic rings. The molecule has 13 nitrogen and oxygen atoms in total. The molecular weight excluding hydrogens is 552 g/mol.